The summed E-state index contributed by atoms with van der Waals surface area (Å²) in [5, 5.41) is 2.61. The second-order valence-electron chi connectivity index (χ2n) is 8.80. The average Bonchev–Trinajstić information content (AvgIpc) is 3.21. The number of allylic oxidation sites excluding steroid dienone is 1. The third kappa shape index (κ3) is 4.13. The summed E-state index contributed by atoms with van der Waals surface area (Å²) in [6, 6.07) is 3.53. The van der Waals surface area contributed by atoms with Crippen LogP contribution in [0.4, 0.5) is 0 Å². The van der Waals surface area contributed by atoms with Crippen LogP contribution in [0.1, 0.15) is 45.3 Å². The number of carbonyl (C=O) groups excluding carboxylic acids is 3. The van der Waals surface area contributed by atoms with E-state index in [1.165, 1.54) is 7.11 Å². The van der Waals surface area contributed by atoms with Crippen molar-refractivity contribution in [2.24, 2.45) is 16.7 Å². The molecule has 0 spiro atoms. The molecule has 1 fully saturated rings. The van der Waals surface area contributed by atoms with Gasteiger partial charge in [0.15, 0.2) is 0 Å². The summed E-state index contributed by atoms with van der Waals surface area (Å²) < 4.78 is 10.7. The lowest BCUT2D eigenvalue weighted by atomic mass is 9.59. The Morgan fingerprint density at radius 1 is 1.43 bits per heavy atom. The lowest BCUT2D eigenvalue weighted by Gasteiger charge is -2.51. The minimum Gasteiger partial charge on any atom is -0.468 e. The van der Waals surface area contributed by atoms with Crippen molar-refractivity contribution in [1.29, 1.82) is 0 Å². The Kier molecular flexibility index (Phi) is 6.06. The van der Waals surface area contributed by atoms with Crippen LogP contribution in [-0.2, 0) is 25.7 Å². The van der Waals surface area contributed by atoms with E-state index in [1.807, 2.05) is 6.08 Å². The van der Waals surface area contributed by atoms with E-state index in [4.69, 9.17) is 15.6 Å². The van der Waals surface area contributed by atoms with Gasteiger partial charge in [-0.25, -0.2) is 0 Å². The van der Waals surface area contributed by atoms with Gasteiger partial charge < -0.3 is 19.4 Å². The van der Waals surface area contributed by atoms with Gasteiger partial charge in [0.25, 0.3) is 0 Å². The molecule has 2 amide bonds. The van der Waals surface area contributed by atoms with Gasteiger partial charge in [-0.05, 0) is 36.8 Å². The summed E-state index contributed by atoms with van der Waals surface area (Å²) in [6.45, 7) is 4.47. The number of terminal acetylenes is 1. The second-order valence-corrected chi connectivity index (χ2v) is 8.80. The molecule has 0 aromatic carbocycles. The number of hydrogen-bond donors (Lipinski definition) is 1. The maximum absolute atomic E-state index is 13.4. The first-order valence-corrected chi connectivity index (χ1v) is 10.1. The molecule has 1 N–H and O–H groups in total. The molecule has 0 unspecified atom stereocenters. The van der Waals surface area contributed by atoms with Gasteiger partial charge in [-0.15, -0.1) is 6.42 Å². The molecule has 1 aliphatic carbocycles. The van der Waals surface area contributed by atoms with Gasteiger partial charge in [-0.3, -0.25) is 14.4 Å². The Bertz CT molecular complexity index is 893. The number of fused-ring (bicyclic) bond motifs is 1. The van der Waals surface area contributed by atoms with Crippen molar-refractivity contribution in [3.8, 4) is 12.3 Å². The Morgan fingerprint density at radius 2 is 2.20 bits per heavy atom. The molecule has 1 aromatic heterocycles. The minimum atomic E-state index is -0.992. The van der Waals surface area contributed by atoms with Gasteiger partial charge in [-0.1, -0.05) is 25.8 Å². The summed E-state index contributed by atoms with van der Waals surface area (Å²) in [5.41, 5.74) is -0.492. The Labute approximate surface area is 176 Å². The number of furan rings is 1. The highest BCUT2D eigenvalue weighted by molar-refractivity contribution is 5.92. The molecule has 3 rings (SSSR count). The van der Waals surface area contributed by atoms with Crippen LogP contribution in [-0.4, -0.2) is 36.3 Å². The van der Waals surface area contributed by atoms with Crippen LogP contribution >= 0.6 is 0 Å². The fraction of sp³-hybridized carbons (Fsp3) is 0.522. The van der Waals surface area contributed by atoms with Crippen molar-refractivity contribution < 1.29 is 23.5 Å². The number of methoxy groups -OCH3 is 1. The highest BCUT2D eigenvalue weighted by Crippen LogP contribution is 2.55. The molecule has 1 aliphatic heterocycles. The van der Waals surface area contributed by atoms with Crippen molar-refractivity contribution in [3.63, 3.8) is 0 Å². The van der Waals surface area contributed by atoms with E-state index in [2.05, 4.69) is 25.1 Å². The molecule has 2 atom stereocenters. The van der Waals surface area contributed by atoms with Gasteiger partial charge in [-0.2, -0.15) is 0 Å². The third-order valence-corrected chi connectivity index (χ3v) is 5.91. The number of carbonyl (C=O) groups is 3. The van der Waals surface area contributed by atoms with Crippen LogP contribution in [0, 0.1) is 29.1 Å². The molecule has 1 aromatic rings. The number of piperidine rings is 1. The fourth-order valence-corrected chi connectivity index (χ4v) is 4.72. The molecule has 7 heteroatoms. The number of amides is 2. The Balaban J connectivity index is 2.02. The zero-order valence-electron chi connectivity index (χ0n) is 17.7. The van der Waals surface area contributed by atoms with Gasteiger partial charge >= 0.3 is 5.97 Å². The lowest BCUT2D eigenvalue weighted by Crippen LogP contribution is -2.55. The highest BCUT2D eigenvalue weighted by atomic mass is 16.5. The lowest BCUT2D eigenvalue weighted by molar-refractivity contribution is -0.162. The highest BCUT2D eigenvalue weighted by Gasteiger charge is 2.57. The van der Waals surface area contributed by atoms with E-state index >= 15 is 0 Å². The van der Waals surface area contributed by atoms with Gasteiger partial charge in [0.2, 0.25) is 11.8 Å². The quantitative estimate of drug-likeness (QED) is 0.573. The van der Waals surface area contributed by atoms with Crippen molar-refractivity contribution in [2.75, 3.05) is 13.7 Å². The standard InChI is InChI=1S/C23H28N2O5/c1-5-10-24-19(26)12-16-13-23(21(28)29-4)15-22(2,3)9-8-18(23)25(20(16)27)14-17-7-6-11-30-17/h1,6-8,11,16H,9-10,12-15H2,2-4H3,(H,24,26)/t16-,23-/m1/s1. The molecule has 7 nitrogen and oxygen atoms in total. The second kappa shape index (κ2) is 8.39. The van der Waals surface area contributed by atoms with Crippen LogP contribution in [0.25, 0.3) is 0 Å². The van der Waals surface area contributed by atoms with E-state index < -0.39 is 11.3 Å². The first-order valence-electron chi connectivity index (χ1n) is 10.1. The molecule has 2 aliphatic rings. The van der Waals surface area contributed by atoms with Crippen LogP contribution in [0.15, 0.2) is 34.6 Å². The number of nitrogens with one attached hydrogen (secondary N) is 1. The predicted molar refractivity (Wildman–Crippen MR) is 109 cm³/mol. The summed E-state index contributed by atoms with van der Waals surface area (Å²) in [6.07, 6.45) is 10.2. The van der Waals surface area contributed by atoms with Crippen LogP contribution < -0.4 is 5.32 Å². The summed E-state index contributed by atoms with van der Waals surface area (Å²) in [4.78, 5) is 40.5. The molecule has 2 heterocycles. The molecular formula is C23H28N2O5. The first kappa shape index (κ1) is 21.7. The van der Waals surface area contributed by atoms with Crippen LogP contribution in [0.5, 0.6) is 0 Å². The molecular weight excluding hydrogens is 384 g/mol. The zero-order valence-corrected chi connectivity index (χ0v) is 17.7. The zero-order chi connectivity index (χ0) is 21.9. The van der Waals surface area contributed by atoms with Crippen molar-refractivity contribution >= 4 is 17.8 Å². The van der Waals surface area contributed by atoms with E-state index in [0.29, 0.717) is 17.9 Å². The average molecular weight is 412 g/mol. The number of hydrogen-bond acceptors (Lipinski definition) is 5. The summed E-state index contributed by atoms with van der Waals surface area (Å²) >= 11 is 0. The SMILES string of the molecule is C#CCNC(=O)C[C@@H]1C[C@@]2(C(=O)OC)CC(C)(C)CC=C2N(Cc2ccco2)C1=O. The normalized spacial score (nSPS) is 25.0. The number of rotatable bonds is 6. The monoisotopic (exact) mass is 412 g/mol. The number of likely N-dealkylation sites (tertiary alicyclic amines) is 1. The fourth-order valence-electron chi connectivity index (χ4n) is 4.72. The maximum Gasteiger partial charge on any atom is 0.317 e. The topological polar surface area (TPSA) is 88.8 Å². The van der Waals surface area contributed by atoms with E-state index in [0.717, 1.165) is 6.42 Å². The Hall–Kier alpha value is -3.01. The smallest absolute Gasteiger partial charge is 0.317 e. The summed E-state index contributed by atoms with van der Waals surface area (Å²) in [7, 11) is 1.36. The van der Waals surface area contributed by atoms with E-state index in [9.17, 15) is 14.4 Å². The predicted octanol–water partition coefficient (Wildman–Crippen LogP) is 2.63. The number of ether oxygens (including phenoxy) is 1. The summed E-state index contributed by atoms with van der Waals surface area (Å²) in [5.74, 6) is 1.40. The van der Waals surface area contributed by atoms with Crippen molar-refractivity contribution in [1.82, 2.24) is 10.2 Å². The minimum absolute atomic E-state index is 0.0401. The maximum atomic E-state index is 13.4. The molecule has 0 bridgehead atoms. The first-order chi connectivity index (χ1) is 14.2. The van der Waals surface area contributed by atoms with Gasteiger partial charge in [0.1, 0.15) is 11.2 Å². The number of esters is 1. The third-order valence-electron chi connectivity index (χ3n) is 5.91. The molecule has 30 heavy (non-hydrogen) atoms. The Morgan fingerprint density at radius 3 is 2.83 bits per heavy atom. The van der Waals surface area contributed by atoms with Crippen LogP contribution in [0.3, 0.4) is 0 Å². The van der Waals surface area contributed by atoms with Gasteiger partial charge in [0, 0.05) is 18.0 Å². The van der Waals surface area contributed by atoms with E-state index in [-0.39, 0.29) is 49.1 Å². The van der Waals surface area contributed by atoms with Crippen molar-refractivity contribution in [3.05, 3.63) is 35.9 Å². The van der Waals surface area contributed by atoms with Crippen LogP contribution in [0.2, 0.25) is 0 Å². The van der Waals surface area contributed by atoms with E-state index in [1.54, 1.807) is 23.3 Å². The molecule has 0 radical (unpaired) electrons. The van der Waals surface area contributed by atoms with Gasteiger partial charge in [0.05, 0.1) is 26.5 Å². The van der Waals surface area contributed by atoms with Crippen molar-refractivity contribution in [2.45, 2.75) is 46.1 Å². The molecule has 160 valence electrons. The molecule has 0 saturated carbocycles. The molecule has 1 saturated heterocycles. The largest absolute Gasteiger partial charge is 0.468 e. The number of nitrogens with zero attached hydrogens (tertiary/aromatic N) is 1.